The lowest BCUT2D eigenvalue weighted by Crippen LogP contribution is -2.43. The molecule has 4 heteroatoms. The Balaban J connectivity index is 3.69. The van der Waals surface area contributed by atoms with Gasteiger partial charge in [0.1, 0.15) is 0 Å². The Morgan fingerprint density at radius 2 is 1.75 bits per heavy atom. The van der Waals surface area contributed by atoms with Gasteiger partial charge in [0.05, 0.1) is 0 Å². The third-order valence-electron chi connectivity index (χ3n) is 2.40. The van der Waals surface area contributed by atoms with Crippen molar-refractivity contribution in [3.63, 3.8) is 0 Å². The van der Waals surface area contributed by atoms with Crippen LogP contribution in [0.4, 0.5) is 0 Å². The summed E-state index contributed by atoms with van der Waals surface area (Å²) in [5.41, 5.74) is -0.154. The van der Waals surface area contributed by atoms with Gasteiger partial charge in [-0.25, -0.2) is 0 Å². The Labute approximate surface area is 97.4 Å². The van der Waals surface area contributed by atoms with Crippen LogP contribution in [0.5, 0.6) is 0 Å². The first-order chi connectivity index (χ1) is 7.37. The van der Waals surface area contributed by atoms with Crippen molar-refractivity contribution in [3.8, 4) is 0 Å². The quantitative estimate of drug-likeness (QED) is 0.628. The third kappa shape index (κ3) is 8.26. The lowest BCUT2D eigenvalue weighted by Gasteiger charge is -2.25. The maximum absolute atomic E-state index is 11.5. The SMILES string of the molecule is CCCC(C)(C)NC(=O)CCCCC(=O)O. The van der Waals surface area contributed by atoms with Crippen LogP contribution in [0, 0.1) is 0 Å². The number of amides is 1. The summed E-state index contributed by atoms with van der Waals surface area (Å²) in [6.45, 7) is 6.10. The van der Waals surface area contributed by atoms with Gasteiger partial charge in [-0.3, -0.25) is 9.59 Å². The molecule has 0 spiro atoms. The molecule has 0 fully saturated rings. The smallest absolute Gasteiger partial charge is 0.303 e. The summed E-state index contributed by atoms with van der Waals surface area (Å²) in [5, 5.41) is 11.4. The molecule has 0 aliphatic rings. The molecule has 1 amide bonds. The fourth-order valence-corrected chi connectivity index (χ4v) is 1.69. The number of unbranched alkanes of at least 4 members (excludes halogenated alkanes) is 1. The number of carbonyl (C=O) groups excluding carboxylic acids is 1. The van der Waals surface area contributed by atoms with Crippen molar-refractivity contribution < 1.29 is 14.7 Å². The van der Waals surface area contributed by atoms with E-state index in [1.807, 2.05) is 13.8 Å². The van der Waals surface area contributed by atoms with Crippen molar-refractivity contribution in [2.24, 2.45) is 0 Å². The van der Waals surface area contributed by atoms with Crippen molar-refractivity contribution in [2.75, 3.05) is 0 Å². The van der Waals surface area contributed by atoms with Gasteiger partial charge in [-0.05, 0) is 33.1 Å². The van der Waals surface area contributed by atoms with E-state index < -0.39 is 5.97 Å². The second-order valence-electron chi connectivity index (χ2n) is 4.78. The molecule has 0 atom stereocenters. The lowest BCUT2D eigenvalue weighted by atomic mass is 9.98. The highest BCUT2D eigenvalue weighted by Gasteiger charge is 2.18. The number of nitrogens with one attached hydrogen (secondary N) is 1. The van der Waals surface area contributed by atoms with Crippen LogP contribution in [0.15, 0.2) is 0 Å². The number of carbonyl (C=O) groups is 2. The monoisotopic (exact) mass is 229 g/mol. The van der Waals surface area contributed by atoms with Crippen molar-refractivity contribution in [1.29, 1.82) is 0 Å². The molecule has 0 saturated heterocycles. The Bertz CT molecular complexity index is 236. The number of carboxylic acid groups (broad SMARTS) is 1. The van der Waals surface area contributed by atoms with E-state index in [0.717, 1.165) is 12.8 Å². The van der Waals surface area contributed by atoms with E-state index in [1.54, 1.807) is 0 Å². The molecule has 2 N–H and O–H groups in total. The number of hydrogen-bond acceptors (Lipinski definition) is 2. The molecular formula is C12H23NO3. The number of carboxylic acids is 1. The van der Waals surface area contributed by atoms with Crippen LogP contribution in [-0.4, -0.2) is 22.5 Å². The summed E-state index contributed by atoms with van der Waals surface area (Å²) in [7, 11) is 0. The van der Waals surface area contributed by atoms with Gasteiger partial charge in [0.25, 0.3) is 0 Å². The van der Waals surface area contributed by atoms with E-state index >= 15 is 0 Å². The minimum Gasteiger partial charge on any atom is -0.481 e. The van der Waals surface area contributed by atoms with Crippen LogP contribution in [0.25, 0.3) is 0 Å². The van der Waals surface area contributed by atoms with E-state index in [9.17, 15) is 9.59 Å². The second-order valence-corrected chi connectivity index (χ2v) is 4.78. The number of aliphatic carboxylic acids is 1. The lowest BCUT2D eigenvalue weighted by molar-refractivity contribution is -0.137. The van der Waals surface area contributed by atoms with Crippen LogP contribution in [-0.2, 0) is 9.59 Å². The summed E-state index contributed by atoms with van der Waals surface area (Å²) >= 11 is 0. The molecular weight excluding hydrogens is 206 g/mol. The Morgan fingerprint density at radius 1 is 1.19 bits per heavy atom. The molecule has 94 valence electrons. The van der Waals surface area contributed by atoms with Crippen molar-refractivity contribution in [3.05, 3.63) is 0 Å². The van der Waals surface area contributed by atoms with E-state index in [-0.39, 0.29) is 17.9 Å². The highest BCUT2D eigenvalue weighted by Crippen LogP contribution is 2.11. The van der Waals surface area contributed by atoms with Crippen LogP contribution < -0.4 is 5.32 Å². The molecule has 0 saturated carbocycles. The van der Waals surface area contributed by atoms with Gasteiger partial charge in [0.2, 0.25) is 5.91 Å². The minimum atomic E-state index is -0.799. The predicted molar refractivity (Wildman–Crippen MR) is 63.2 cm³/mol. The Hall–Kier alpha value is -1.06. The maximum Gasteiger partial charge on any atom is 0.303 e. The third-order valence-corrected chi connectivity index (χ3v) is 2.40. The molecule has 0 rings (SSSR count). The van der Waals surface area contributed by atoms with E-state index in [4.69, 9.17) is 5.11 Å². The van der Waals surface area contributed by atoms with E-state index in [1.165, 1.54) is 0 Å². The van der Waals surface area contributed by atoms with Crippen LogP contribution in [0.3, 0.4) is 0 Å². The van der Waals surface area contributed by atoms with Gasteiger partial charge in [-0.1, -0.05) is 13.3 Å². The van der Waals surface area contributed by atoms with Crippen LogP contribution >= 0.6 is 0 Å². The van der Waals surface area contributed by atoms with Crippen molar-refractivity contribution in [2.45, 2.75) is 64.8 Å². The molecule has 0 bridgehead atoms. The molecule has 16 heavy (non-hydrogen) atoms. The first-order valence-electron chi connectivity index (χ1n) is 5.90. The van der Waals surface area contributed by atoms with Crippen LogP contribution in [0.1, 0.15) is 59.3 Å². The Kier molecular flexibility index (Phi) is 6.77. The molecule has 0 aromatic rings. The Morgan fingerprint density at radius 3 is 2.25 bits per heavy atom. The predicted octanol–water partition coefficient (Wildman–Crippen LogP) is 2.33. The fraction of sp³-hybridized carbons (Fsp3) is 0.833. The van der Waals surface area contributed by atoms with Gasteiger partial charge in [-0.2, -0.15) is 0 Å². The molecule has 4 nitrogen and oxygen atoms in total. The molecule has 0 aromatic carbocycles. The molecule has 0 aliphatic heterocycles. The average Bonchev–Trinajstić information content (AvgIpc) is 2.11. The number of rotatable bonds is 8. The summed E-state index contributed by atoms with van der Waals surface area (Å²) in [4.78, 5) is 21.8. The van der Waals surface area contributed by atoms with Crippen LogP contribution in [0.2, 0.25) is 0 Å². The van der Waals surface area contributed by atoms with Crippen molar-refractivity contribution >= 4 is 11.9 Å². The first kappa shape index (κ1) is 14.9. The zero-order valence-corrected chi connectivity index (χ0v) is 10.5. The first-order valence-corrected chi connectivity index (χ1v) is 5.90. The zero-order chi connectivity index (χ0) is 12.6. The van der Waals surface area contributed by atoms with E-state index in [0.29, 0.717) is 19.3 Å². The fourth-order valence-electron chi connectivity index (χ4n) is 1.69. The van der Waals surface area contributed by atoms with E-state index in [2.05, 4.69) is 12.2 Å². The summed E-state index contributed by atoms with van der Waals surface area (Å²) in [6.07, 6.45) is 3.75. The molecule has 0 heterocycles. The summed E-state index contributed by atoms with van der Waals surface area (Å²) in [6, 6.07) is 0. The normalized spacial score (nSPS) is 11.2. The van der Waals surface area contributed by atoms with Crippen molar-refractivity contribution in [1.82, 2.24) is 5.32 Å². The topological polar surface area (TPSA) is 66.4 Å². The van der Waals surface area contributed by atoms with Gasteiger partial charge < -0.3 is 10.4 Å². The van der Waals surface area contributed by atoms with Gasteiger partial charge in [0.15, 0.2) is 0 Å². The minimum absolute atomic E-state index is 0.0174. The van der Waals surface area contributed by atoms with Gasteiger partial charge in [-0.15, -0.1) is 0 Å². The summed E-state index contributed by atoms with van der Waals surface area (Å²) < 4.78 is 0. The average molecular weight is 229 g/mol. The second kappa shape index (κ2) is 7.25. The summed E-state index contributed by atoms with van der Waals surface area (Å²) in [5.74, 6) is -0.782. The molecule has 0 aliphatic carbocycles. The zero-order valence-electron chi connectivity index (χ0n) is 10.5. The van der Waals surface area contributed by atoms with Gasteiger partial charge >= 0.3 is 5.97 Å². The standard InChI is InChI=1S/C12H23NO3/c1-4-9-12(2,3)13-10(14)7-5-6-8-11(15)16/h4-9H2,1-3H3,(H,13,14)(H,15,16). The molecule has 0 radical (unpaired) electrons. The largest absolute Gasteiger partial charge is 0.481 e. The number of hydrogen-bond donors (Lipinski definition) is 2. The van der Waals surface area contributed by atoms with Gasteiger partial charge in [0, 0.05) is 18.4 Å². The molecule has 0 aromatic heterocycles. The maximum atomic E-state index is 11.5. The highest BCUT2D eigenvalue weighted by atomic mass is 16.4. The highest BCUT2D eigenvalue weighted by molar-refractivity contribution is 5.76. The molecule has 0 unspecified atom stereocenters.